The second kappa shape index (κ2) is 10.2. The van der Waals surface area contributed by atoms with Crippen molar-refractivity contribution in [1.82, 2.24) is 30.3 Å². The quantitative estimate of drug-likeness (QED) is 0.301. The molecule has 1 aliphatic carbocycles. The standard InChI is InChI=1S/C31H28ClN7O4/c1-38-30(43)36-29(42)31(38)12-18-2-3-22(9-21(18)13-31)35-26(40)11-20-8-19-10-25(32)27-23(14-34-37-27)24(19)16-39(28(20)41)15-17-4-6-33-7-5-17/h2-7,9-10,14,20H,8,11-13,15-16H2,1H3,(H,34,37)(H,35,40)(H,36,42,43). The Balaban J connectivity index is 1.13. The van der Waals surface area contributed by atoms with Crippen LogP contribution in [0.25, 0.3) is 10.9 Å². The summed E-state index contributed by atoms with van der Waals surface area (Å²) < 4.78 is 0. The van der Waals surface area contributed by atoms with Crippen molar-refractivity contribution in [2.24, 2.45) is 5.92 Å². The molecule has 2 aromatic heterocycles. The molecular weight excluding hydrogens is 570 g/mol. The lowest BCUT2D eigenvalue weighted by atomic mass is 9.92. The van der Waals surface area contributed by atoms with Gasteiger partial charge < -0.3 is 15.1 Å². The van der Waals surface area contributed by atoms with Gasteiger partial charge in [0, 0.05) is 62.9 Å². The molecule has 2 unspecified atom stereocenters. The number of pyridine rings is 1. The van der Waals surface area contributed by atoms with E-state index in [-0.39, 0.29) is 24.1 Å². The van der Waals surface area contributed by atoms with Crippen LogP contribution in [0, 0.1) is 5.92 Å². The normalized spacial score (nSPS) is 21.3. The molecule has 1 saturated heterocycles. The van der Waals surface area contributed by atoms with Crippen molar-refractivity contribution in [3.05, 3.63) is 87.8 Å². The molecule has 0 saturated carbocycles. The summed E-state index contributed by atoms with van der Waals surface area (Å²) in [6, 6.07) is 10.7. The summed E-state index contributed by atoms with van der Waals surface area (Å²) in [5.74, 6) is -1.33. The average molecular weight is 598 g/mol. The molecule has 2 aliphatic heterocycles. The Bertz CT molecular complexity index is 1820. The Hall–Kier alpha value is -4.77. The van der Waals surface area contributed by atoms with Gasteiger partial charge in [0.25, 0.3) is 5.91 Å². The fourth-order valence-electron chi connectivity index (χ4n) is 6.64. The molecule has 11 nitrogen and oxygen atoms in total. The number of hydrogen-bond donors (Lipinski definition) is 3. The van der Waals surface area contributed by atoms with Gasteiger partial charge in [-0.1, -0.05) is 17.7 Å². The number of hydrogen-bond acceptors (Lipinski definition) is 6. The van der Waals surface area contributed by atoms with E-state index in [4.69, 9.17) is 11.6 Å². The van der Waals surface area contributed by atoms with E-state index in [1.54, 1.807) is 36.6 Å². The second-order valence-corrected chi connectivity index (χ2v) is 12.0. The number of H-pyrrole nitrogens is 1. The lowest BCUT2D eigenvalue weighted by molar-refractivity contribution is -0.138. The van der Waals surface area contributed by atoms with Crippen molar-refractivity contribution in [3.8, 4) is 0 Å². The maximum absolute atomic E-state index is 14.0. The Labute approximate surface area is 251 Å². The van der Waals surface area contributed by atoms with E-state index in [9.17, 15) is 19.2 Å². The second-order valence-electron chi connectivity index (χ2n) is 11.5. The number of aromatic amines is 1. The number of anilines is 1. The van der Waals surface area contributed by atoms with Crippen LogP contribution in [0.1, 0.15) is 34.2 Å². The first kappa shape index (κ1) is 27.1. The van der Waals surface area contributed by atoms with Gasteiger partial charge in [0.1, 0.15) is 5.54 Å². The van der Waals surface area contributed by atoms with E-state index >= 15 is 0 Å². The number of nitrogens with zero attached hydrogens (tertiary/aromatic N) is 4. The molecule has 0 radical (unpaired) electrons. The van der Waals surface area contributed by atoms with Gasteiger partial charge in [-0.3, -0.25) is 29.8 Å². The highest BCUT2D eigenvalue weighted by Crippen LogP contribution is 2.38. The molecule has 12 heteroatoms. The highest BCUT2D eigenvalue weighted by molar-refractivity contribution is 6.35. The molecule has 1 spiro atoms. The van der Waals surface area contributed by atoms with E-state index in [0.29, 0.717) is 43.1 Å². The zero-order valence-corrected chi connectivity index (χ0v) is 24.1. The maximum atomic E-state index is 14.0. The summed E-state index contributed by atoms with van der Waals surface area (Å²) in [7, 11) is 1.62. The van der Waals surface area contributed by atoms with E-state index in [2.05, 4.69) is 25.8 Å². The topological polar surface area (TPSA) is 140 Å². The van der Waals surface area contributed by atoms with Crippen LogP contribution in [0.15, 0.2) is 55.0 Å². The van der Waals surface area contributed by atoms with Gasteiger partial charge in [0.05, 0.1) is 22.7 Å². The van der Waals surface area contributed by atoms with Crippen molar-refractivity contribution in [2.75, 3.05) is 12.4 Å². The minimum atomic E-state index is -0.942. The molecule has 4 aromatic rings. The zero-order valence-electron chi connectivity index (χ0n) is 23.3. The number of halogens is 1. The van der Waals surface area contributed by atoms with Gasteiger partial charge in [-0.2, -0.15) is 5.10 Å². The number of benzene rings is 2. The first-order valence-corrected chi connectivity index (χ1v) is 14.4. The number of urea groups is 1. The summed E-state index contributed by atoms with van der Waals surface area (Å²) in [6.45, 7) is 0.733. The van der Waals surface area contributed by atoms with Crippen LogP contribution >= 0.6 is 11.6 Å². The van der Waals surface area contributed by atoms with E-state index in [1.807, 2.05) is 30.3 Å². The average Bonchev–Trinajstić information content (AvgIpc) is 3.66. The SMILES string of the molecule is CN1C(=O)NC(=O)C12Cc1ccc(NC(=O)CC3Cc4cc(Cl)c5[nH]ncc5c4CN(Cc4ccncc4)C3=O)cc1C2. The molecule has 1 fully saturated rings. The van der Waals surface area contributed by atoms with E-state index in [0.717, 1.165) is 38.7 Å². The molecule has 3 aliphatic rings. The van der Waals surface area contributed by atoms with Crippen LogP contribution in [0.3, 0.4) is 0 Å². The first-order chi connectivity index (χ1) is 20.7. The van der Waals surface area contributed by atoms with Crippen molar-refractivity contribution in [3.63, 3.8) is 0 Å². The fourth-order valence-corrected chi connectivity index (χ4v) is 6.92. The summed E-state index contributed by atoms with van der Waals surface area (Å²) in [6.07, 6.45) is 6.23. The molecule has 2 aromatic carbocycles. The molecular formula is C31H28ClN7O4. The Morgan fingerprint density at radius 2 is 1.88 bits per heavy atom. The first-order valence-electron chi connectivity index (χ1n) is 14.0. The summed E-state index contributed by atoms with van der Waals surface area (Å²) in [4.78, 5) is 59.4. The third kappa shape index (κ3) is 4.60. The minimum absolute atomic E-state index is 0.0210. The maximum Gasteiger partial charge on any atom is 0.324 e. The number of likely N-dealkylation sites (N-methyl/N-ethyl adjacent to an activating group) is 1. The predicted molar refractivity (Wildman–Crippen MR) is 158 cm³/mol. The number of carbonyl (C=O) groups is 4. The monoisotopic (exact) mass is 597 g/mol. The van der Waals surface area contributed by atoms with Crippen molar-refractivity contribution >= 4 is 51.9 Å². The minimum Gasteiger partial charge on any atom is -0.334 e. The van der Waals surface area contributed by atoms with Gasteiger partial charge in [0.15, 0.2) is 0 Å². The molecule has 4 heterocycles. The molecule has 43 heavy (non-hydrogen) atoms. The molecule has 0 bridgehead atoms. The highest BCUT2D eigenvalue weighted by atomic mass is 35.5. The van der Waals surface area contributed by atoms with E-state index in [1.165, 1.54) is 4.90 Å². The summed E-state index contributed by atoms with van der Waals surface area (Å²) >= 11 is 6.57. The number of imide groups is 1. The number of rotatable bonds is 5. The fraction of sp³-hybridized carbons (Fsp3) is 0.290. The van der Waals surface area contributed by atoms with Crippen molar-refractivity contribution in [2.45, 2.75) is 44.3 Å². The lowest BCUT2D eigenvalue weighted by Gasteiger charge is -2.27. The Morgan fingerprint density at radius 1 is 1.09 bits per heavy atom. The number of amides is 5. The highest BCUT2D eigenvalue weighted by Gasteiger charge is 2.54. The largest absolute Gasteiger partial charge is 0.334 e. The van der Waals surface area contributed by atoms with Crippen molar-refractivity contribution in [1.29, 1.82) is 0 Å². The third-order valence-electron chi connectivity index (χ3n) is 8.97. The van der Waals surface area contributed by atoms with Crippen LogP contribution in [-0.4, -0.2) is 61.3 Å². The number of nitrogens with one attached hydrogen (secondary N) is 3. The summed E-state index contributed by atoms with van der Waals surface area (Å²) in [5.41, 5.74) is 5.03. The Kier molecular flexibility index (Phi) is 6.42. The molecule has 3 N–H and O–H groups in total. The number of carbonyl (C=O) groups excluding carboxylic acids is 4. The van der Waals surface area contributed by atoms with Gasteiger partial charge in [-0.15, -0.1) is 0 Å². The van der Waals surface area contributed by atoms with Gasteiger partial charge in [-0.25, -0.2) is 4.79 Å². The summed E-state index contributed by atoms with van der Waals surface area (Å²) in [5, 5.41) is 13.9. The molecule has 218 valence electrons. The van der Waals surface area contributed by atoms with Crippen LogP contribution < -0.4 is 10.6 Å². The van der Waals surface area contributed by atoms with Crippen LogP contribution in [0.5, 0.6) is 0 Å². The number of aromatic nitrogens is 3. The third-order valence-corrected chi connectivity index (χ3v) is 9.27. The van der Waals surface area contributed by atoms with E-state index < -0.39 is 17.5 Å². The van der Waals surface area contributed by atoms with Gasteiger partial charge in [-0.05, 0) is 64.6 Å². The van der Waals surface area contributed by atoms with Gasteiger partial charge in [0.2, 0.25) is 11.8 Å². The predicted octanol–water partition coefficient (Wildman–Crippen LogP) is 3.36. The number of fused-ring (bicyclic) bond motifs is 4. The van der Waals surface area contributed by atoms with Crippen LogP contribution in [0.4, 0.5) is 10.5 Å². The smallest absolute Gasteiger partial charge is 0.324 e. The lowest BCUT2D eigenvalue weighted by Crippen LogP contribution is -2.48. The molecule has 7 rings (SSSR count). The molecule has 5 amide bonds. The molecule has 2 atom stereocenters. The van der Waals surface area contributed by atoms with Crippen LogP contribution in [-0.2, 0) is 46.7 Å². The Morgan fingerprint density at radius 3 is 2.65 bits per heavy atom. The van der Waals surface area contributed by atoms with Crippen molar-refractivity contribution < 1.29 is 19.2 Å². The zero-order chi connectivity index (χ0) is 29.9. The van der Waals surface area contributed by atoms with Crippen LogP contribution in [0.2, 0.25) is 5.02 Å². The van der Waals surface area contributed by atoms with Gasteiger partial charge >= 0.3 is 6.03 Å².